The second-order valence-electron chi connectivity index (χ2n) is 7.49. The highest BCUT2D eigenvalue weighted by molar-refractivity contribution is 5.78. The van der Waals surface area contributed by atoms with Gasteiger partial charge in [0.25, 0.3) is 0 Å². The maximum absolute atomic E-state index is 12.8. The number of aromatic nitrogens is 2. The molecule has 1 saturated heterocycles. The fourth-order valence-electron chi connectivity index (χ4n) is 3.58. The van der Waals surface area contributed by atoms with E-state index in [1.807, 2.05) is 24.1 Å². The molecule has 7 nitrogen and oxygen atoms in total. The molecule has 2 aliphatic rings. The van der Waals surface area contributed by atoms with Crippen LogP contribution in [-0.4, -0.2) is 52.5 Å². The Bertz CT molecular complexity index is 723. The fraction of sp³-hybridized carbons (Fsp3) is 0.632. The SMILES string of the molecule is CN(CCc1noc(C2CC2)n1)C(=O)[C@H]1CCCN(Cc2ccco2)C1. The van der Waals surface area contributed by atoms with Crippen molar-refractivity contribution in [3.63, 3.8) is 0 Å². The van der Waals surface area contributed by atoms with E-state index in [0.29, 0.717) is 24.7 Å². The van der Waals surface area contributed by atoms with E-state index in [0.717, 1.165) is 57.0 Å². The zero-order valence-corrected chi connectivity index (χ0v) is 15.3. The Balaban J connectivity index is 1.26. The van der Waals surface area contributed by atoms with Crippen LogP contribution in [0.3, 0.4) is 0 Å². The predicted molar refractivity (Wildman–Crippen MR) is 94.3 cm³/mol. The van der Waals surface area contributed by atoms with Crippen molar-refractivity contribution in [2.45, 2.75) is 44.6 Å². The molecule has 0 bridgehead atoms. The van der Waals surface area contributed by atoms with E-state index in [2.05, 4.69) is 15.0 Å². The molecule has 2 aromatic rings. The lowest BCUT2D eigenvalue weighted by Gasteiger charge is -2.33. The van der Waals surface area contributed by atoms with Crippen LogP contribution in [-0.2, 0) is 17.8 Å². The minimum Gasteiger partial charge on any atom is -0.468 e. The van der Waals surface area contributed by atoms with E-state index in [1.54, 1.807) is 6.26 Å². The van der Waals surface area contributed by atoms with Gasteiger partial charge in [-0.3, -0.25) is 9.69 Å². The van der Waals surface area contributed by atoms with Gasteiger partial charge < -0.3 is 13.8 Å². The number of piperidine rings is 1. The topological polar surface area (TPSA) is 75.6 Å². The number of nitrogens with zero attached hydrogens (tertiary/aromatic N) is 4. The molecule has 1 saturated carbocycles. The molecular formula is C19H26N4O3. The predicted octanol–water partition coefficient (Wildman–Crippen LogP) is 2.45. The Morgan fingerprint density at radius 1 is 1.38 bits per heavy atom. The van der Waals surface area contributed by atoms with Crippen LogP contribution in [0.1, 0.15) is 49.1 Å². The van der Waals surface area contributed by atoms with Gasteiger partial charge in [-0.05, 0) is 44.4 Å². The van der Waals surface area contributed by atoms with Gasteiger partial charge in [-0.25, -0.2) is 0 Å². The molecule has 1 atom stereocenters. The van der Waals surface area contributed by atoms with Crippen molar-refractivity contribution in [2.24, 2.45) is 5.92 Å². The van der Waals surface area contributed by atoms with Gasteiger partial charge in [0.15, 0.2) is 5.82 Å². The van der Waals surface area contributed by atoms with Gasteiger partial charge >= 0.3 is 0 Å². The van der Waals surface area contributed by atoms with E-state index in [9.17, 15) is 4.79 Å². The molecule has 1 amide bonds. The summed E-state index contributed by atoms with van der Waals surface area (Å²) in [5.41, 5.74) is 0. The molecule has 1 aliphatic carbocycles. The molecule has 7 heteroatoms. The Kier molecular flexibility index (Phi) is 5.06. The molecule has 0 radical (unpaired) electrons. The zero-order chi connectivity index (χ0) is 17.9. The smallest absolute Gasteiger partial charge is 0.229 e. The van der Waals surface area contributed by atoms with Crippen LogP contribution >= 0.6 is 0 Å². The number of carbonyl (C=O) groups excluding carboxylic acids is 1. The van der Waals surface area contributed by atoms with E-state index < -0.39 is 0 Å². The first kappa shape index (κ1) is 17.3. The summed E-state index contributed by atoms with van der Waals surface area (Å²) in [6.45, 7) is 3.20. The number of hydrogen-bond donors (Lipinski definition) is 0. The number of hydrogen-bond acceptors (Lipinski definition) is 6. The summed E-state index contributed by atoms with van der Waals surface area (Å²) in [6.07, 6.45) is 6.63. The number of amides is 1. The molecule has 26 heavy (non-hydrogen) atoms. The fourth-order valence-corrected chi connectivity index (χ4v) is 3.58. The van der Waals surface area contributed by atoms with Crippen LogP contribution in [0.4, 0.5) is 0 Å². The van der Waals surface area contributed by atoms with Crippen LogP contribution in [0.15, 0.2) is 27.3 Å². The zero-order valence-electron chi connectivity index (χ0n) is 15.3. The van der Waals surface area contributed by atoms with Crippen molar-refractivity contribution in [2.75, 3.05) is 26.7 Å². The monoisotopic (exact) mass is 358 g/mol. The Morgan fingerprint density at radius 3 is 3.04 bits per heavy atom. The van der Waals surface area contributed by atoms with E-state index >= 15 is 0 Å². The molecule has 0 spiro atoms. The Labute approximate surface area is 153 Å². The first-order valence-corrected chi connectivity index (χ1v) is 9.51. The lowest BCUT2D eigenvalue weighted by molar-refractivity contribution is -0.136. The number of carbonyl (C=O) groups is 1. The van der Waals surface area contributed by atoms with Crippen LogP contribution < -0.4 is 0 Å². The number of furan rings is 1. The average Bonchev–Trinajstić information content (AvgIpc) is 3.17. The third-order valence-corrected chi connectivity index (χ3v) is 5.27. The molecule has 2 fully saturated rings. The molecular weight excluding hydrogens is 332 g/mol. The van der Waals surface area contributed by atoms with Crippen molar-refractivity contribution in [1.29, 1.82) is 0 Å². The van der Waals surface area contributed by atoms with Gasteiger partial charge in [0.1, 0.15) is 5.76 Å². The van der Waals surface area contributed by atoms with Gasteiger partial charge in [-0.1, -0.05) is 5.16 Å². The lowest BCUT2D eigenvalue weighted by Crippen LogP contribution is -2.43. The first-order chi connectivity index (χ1) is 12.7. The van der Waals surface area contributed by atoms with Crippen LogP contribution in [0, 0.1) is 5.92 Å². The van der Waals surface area contributed by atoms with Crippen molar-refractivity contribution in [1.82, 2.24) is 19.9 Å². The molecule has 140 valence electrons. The largest absolute Gasteiger partial charge is 0.468 e. The Morgan fingerprint density at radius 2 is 2.27 bits per heavy atom. The third kappa shape index (κ3) is 4.15. The minimum absolute atomic E-state index is 0.0519. The highest BCUT2D eigenvalue weighted by Gasteiger charge is 2.30. The van der Waals surface area contributed by atoms with E-state index in [1.165, 1.54) is 0 Å². The van der Waals surface area contributed by atoms with Crippen LogP contribution in [0.5, 0.6) is 0 Å². The van der Waals surface area contributed by atoms with Gasteiger partial charge in [0.2, 0.25) is 11.8 Å². The second kappa shape index (κ2) is 7.61. The standard InChI is InChI=1S/C19H26N4O3/c1-22(10-8-17-20-18(26-21-17)14-6-7-14)19(24)15-4-2-9-23(12-15)13-16-5-3-11-25-16/h3,5,11,14-15H,2,4,6-10,12-13H2,1H3/t15-/m0/s1. The Hall–Kier alpha value is -2.15. The molecule has 3 heterocycles. The van der Waals surface area contributed by atoms with Crippen molar-refractivity contribution < 1.29 is 13.7 Å². The van der Waals surface area contributed by atoms with Crippen molar-refractivity contribution in [3.8, 4) is 0 Å². The summed E-state index contributed by atoms with van der Waals surface area (Å²) in [5.74, 6) is 3.15. The highest BCUT2D eigenvalue weighted by atomic mass is 16.5. The van der Waals surface area contributed by atoms with Gasteiger partial charge in [-0.15, -0.1) is 0 Å². The van der Waals surface area contributed by atoms with Gasteiger partial charge in [0.05, 0.1) is 18.7 Å². The molecule has 0 N–H and O–H groups in total. The first-order valence-electron chi connectivity index (χ1n) is 9.51. The van der Waals surface area contributed by atoms with Crippen molar-refractivity contribution in [3.05, 3.63) is 35.9 Å². The number of likely N-dealkylation sites (N-methyl/N-ethyl adjacent to an activating group) is 1. The summed E-state index contributed by atoms with van der Waals surface area (Å²) >= 11 is 0. The number of rotatable bonds is 7. The summed E-state index contributed by atoms with van der Waals surface area (Å²) in [5, 5.41) is 4.03. The molecule has 0 aromatic carbocycles. The minimum atomic E-state index is 0.0519. The average molecular weight is 358 g/mol. The third-order valence-electron chi connectivity index (χ3n) is 5.27. The maximum atomic E-state index is 12.8. The lowest BCUT2D eigenvalue weighted by atomic mass is 9.96. The van der Waals surface area contributed by atoms with Crippen LogP contribution in [0.25, 0.3) is 0 Å². The van der Waals surface area contributed by atoms with E-state index in [-0.39, 0.29) is 11.8 Å². The van der Waals surface area contributed by atoms with Crippen LogP contribution in [0.2, 0.25) is 0 Å². The molecule has 2 aromatic heterocycles. The molecule has 1 aliphatic heterocycles. The normalized spacial score (nSPS) is 21.0. The molecule has 4 rings (SSSR count). The number of likely N-dealkylation sites (tertiary alicyclic amines) is 1. The maximum Gasteiger partial charge on any atom is 0.229 e. The quantitative estimate of drug-likeness (QED) is 0.757. The van der Waals surface area contributed by atoms with Crippen molar-refractivity contribution >= 4 is 5.91 Å². The van der Waals surface area contributed by atoms with E-state index in [4.69, 9.17) is 8.94 Å². The molecule has 0 unspecified atom stereocenters. The summed E-state index contributed by atoms with van der Waals surface area (Å²) in [6, 6.07) is 3.89. The summed E-state index contributed by atoms with van der Waals surface area (Å²) in [7, 11) is 1.87. The second-order valence-corrected chi connectivity index (χ2v) is 7.49. The summed E-state index contributed by atoms with van der Waals surface area (Å²) < 4.78 is 10.7. The highest BCUT2D eigenvalue weighted by Crippen LogP contribution is 2.38. The van der Waals surface area contributed by atoms with Gasteiger partial charge in [0, 0.05) is 32.5 Å². The summed E-state index contributed by atoms with van der Waals surface area (Å²) in [4.78, 5) is 21.4. The van der Waals surface area contributed by atoms with Gasteiger partial charge in [-0.2, -0.15) is 4.98 Å².